The Morgan fingerprint density at radius 2 is 1.94 bits per heavy atom. The van der Waals surface area contributed by atoms with Crippen molar-refractivity contribution in [1.29, 1.82) is 0 Å². The van der Waals surface area contributed by atoms with Crippen molar-refractivity contribution in [2.45, 2.75) is 19.4 Å². The molecule has 0 atom stereocenters. The van der Waals surface area contributed by atoms with Gasteiger partial charge in [-0.15, -0.1) is 0 Å². The molecule has 0 aliphatic heterocycles. The minimum atomic E-state index is -0.841. The van der Waals surface area contributed by atoms with Gasteiger partial charge >= 0.3 is 0 Å². The zero-order valence-electron chi connectivity index (χ0n) is 10.9. The second-order valence-electron chi connectivity index (χ2n) is 4.75. The molecule has 0 aliphatic carbocycles. The summed E-state index contributed by atoms with van der Waals surface area (Å²) in [6, 6.07) is 7.57. The summed E-state index contributed by atoms with van der Waals surface area (Å²) in [4.78, 5) is 13.4. The minimum Gasteiger partial charge on any atom is -0.492 e. The molecule has 0 saturated carbocycles. The van der Waals surface area contributed by atoms with E-state index in [1.165, 1.54) is 0 Å². The van der Waals surface area contributed by atoms with Gasteiger partial charge in [-0.2, -0.15) is 0 Å². The number of likely N-dealkylation sites (N-methyl/N-ethyl adjacent to an activating group) is 1. The van der Waals surface area contributed by atoms with Crippen molar-refractivity contribution in [2.75, 3.05) is 20.2 Å². The first-order valence-electron chi connectivity index (χ1n) is 5.73. The van der Waals surface area contributed by atoms with Gasteiger partial charge in [-0.25, -0.2) is 0 Å². The average molecular weight is 315 g/mol. The number of halogens is 1. The first kappa shape index (κ1) is 15.0. The van der Waals surface area contributed by atoms with Crippen LogP contribution in [0.15, 0.2) is 28.7 Å². The third-order valence-electron chi connectivity index (χ3n) is 2.41. The van der Waals surface area contributed by atoms with E-state index in [9.17, 15) is 4.79 Å². The summed E-state index contributed by atoms with van der Waals surface area (Å²) in [6.07, 6.45) is 0. The normalized spacial score (nSPS) is 11.2. The fraction of sp³-hybridized carbons (Fsp3) is 0.462. The molecule has 4 nitrogen and oxygen atoms in total. The number of hydrogen-bond acceptors (Lipinski definition) is 3. The van der Waals surface area contributed by atoms with Gasteiger partial charge in [0.05, 0.1) is 12.1 Å². The summed E-state index contributed by atoms with van der Waals surface area (Å²) in [5, 5.41) is 0. The molecule has 0 aliphatic rings. The molecule has 0 bridgehead atoms. The van der Waals surface area contributed by atoms with Crippen LogP contribution in [0.4, 0.5) is 0 Å². The van der Waals surface area contributed by atoms with Gasteiger partial charge in [-0.05, 0) is 38.1 Å². The lowest BCUT2D eigenvalue weighted by Gasteiger charge is -2.25. The van der Waals surface area contributed by atoms with Gasteiger partial charge in [0.2, 0.25) is 5.91 Å². The van der Waals surface area contributed by atoms with Gasteiger partial charge in [0, 0.05) is 11.5 Å². The third kappa shape index (κ3) is 4.66. The Kier molecular flexibility index (Phi) is 5.16. The standard InChI is InChI=1S/C13H19BrN2O2/c1-13(2,15)12(17)16(3)8-9-18-11-6-4-10(14)5-7-11/h4-7H,8-9,15H2,1-3H3. The Morgan fingerprint density at radius 3 is 2.44 bits per heavy atom. The zero-order chi connectivity index (χ0) is 13.8. The van der Waals surface area contributed by atoms with Gasteiger partial charge < -0.3 is 15.4 Å². The highest BCUT2D eigenvalue weighted by molar-refractivity contribution is 9.10. The Balaban J connectivity index is 2.38. The molecule has 5 heteroatoms. The first-order chi connectivity index (χ1) is 8.30. The first-order valence-corrected chi connectivity index (χ1v) is 6.53. The van der Waals surface area contributed by atoms with Crippen LogP contribution in [0, 0.1) is 0 Å². The van der Waals surface area contributed by atoms with Crippen molar-refractivity contribution in [2.24, 2.45) is 5.73 Å². The van der Waals surface area contributed by atoms with Crippen LogP contribution in [-0.2, 0) is 4.79 Å². The smallest absolute Gasteiger partial charge is 0.241 e. The summed E-state index contributed by atoms with van der Waals surface area (Å²) >= 11 is 3.36. The molecule has 0 radical (unpaired) electrons. The minimum absolute atomic E-state index is 0.0955. The molecule has 1 aromatic carbocycles. The van der Waals surface area contributed by atoms with E-state index in [0.29, 0.717) is 13.2 Å². The number of ether oxygens (including phenoxy) is 1. The number of nitrogens with zero attached hydrogens (tertiary/aromatic N) is 1. The molecule has 1 amide bonds. The SMILES string of the molecule is CN(CCOc1ccc(Br)cc1)C(=O)C(C)(C)N. The second-order valence-corrected chi connectivity index (χ2v) is 5.67. The molecule has 0 spiro atoms. The lowest BCUT2D eigenvalue weighted by Crippen LogP contribution is -2.50. The highest BCUT2D eigenvalue weighted by Gasteiger charge is 2.25. The van der Waals surface area contributed by atoms with Crippen molar-refractivity contribution >= 4 is 21.8 Å². The molecule has 2 N–H and O–H groups in total. The number of amides is 1. The number of benzene rings is 1. The fourth-order valence-electron chi connectivity index (χ4n) is 1.42. The Bertz CT molecular complexity index is 398. The maximum absolute atomic E-state index is 11.8. The number of carbonyl (C=O) groups excluding carboxylic acids is 1. The van der Waals surface area contributed by atoms with Crippen LogP contribution in [0.2, 0.25) is 0 Å². The number of rotatable bonds is 5. The highest BCUT2D eigenvalue weighted by atomic mass is 79.9. The van der Waals surface area contributed by atoms with Crippen LogP contribution in [0.3, 0.4) is 0 Å². The summed E-state index contributed by atoms with van der Waals surface area (Å²) in [6.45, 7) is 4.35. The van der Waals surface area contributed by atoms with Crippen LogP contribution in [0.25, 0.3) is 0 Å². The molecule has 100 valence electrons. The molecule has 0 aromatic heterocycles. The molecule has 18 heavy (non-hydrogen) atoms. The Morgan fingerprint density at radius 1 is 1.39 bits per heavy atom. The van der Waals surface area contributed by atoms with Gasteiger partial charge in [0.15, 0.2) is 0 Å². The number of carbonyl (C=O) groups is 1. The lowest BCUT2D eigenvalue weighted by molar-refractivity contribution is -0.134. The molecular weight excluding hydrogens is 296 g/mol. The van der Waals surface area contributed by atoms with Gasteiger partial charge in [-0.1, -0.05) is 15.9 Å². The number of nitrogens with two attached hydrogens (primary N) is 1. The lowest BCUT2D eigenvalue weighted by atomic mass is 10.1. The predicted octanol–water partition coefficient (Wildman–Crippen LogP) is 2.02. The van der Waals surface area contributed by atoms with Crippen LogP contribution in [0.1, 0.15) is 13.8 Å². The van der Waals surface area contributed by atoms with Crippen molar-refractivity contribution < 1.29 is 9.53 Å². The van der Waals surface area contributed by atoms with Gasteiger partial charge in [0.1, 0.15) is 12.4 Å². The predicted molar refractivity (Wildman–Crippen MR) is 75.5 cm³/mol. The van der Waals surface area contributed by atoms with E-state index < -0.39 is 5.54 Å². The molecule has 0 fully saturated rings. The van der Waals surface area contributed by atoms with Crippen molar-refractivity contribution in [3.63, 3.8) is 0 Å². The largest absolute Gasteiger partial charge is 0.492 e. The van der Waals surface area contributed by atoms with Crippen LogP contribution in [-0.4, -0.2) is 36.5 Å². The van der Waals surface area contributed by atoms with E-state index >= 15 is 0 Å². The molecular formula is C13H19BrN2O2. The molecule has 1 aromatic rings. The van der Waals surface area contributed by atoms with Crippen molar-refractivity contribution in [3.8, 4) is 5.75 Å². The summed E-state index contributed by atoms with van der Waals surface area (Å²) in [5.41, 5.74) is 4.90. The molecule has 0 unspecified atom stereocenters. The maximum Gasteiger partial charge on any atom is 0.241 e. The topological polar surface area (TPSA) is 55.6 Å². The zero-order valence-corrected chi connectivity index (χ0v) is 12.5. The maximum atomic E-state index is 11.8. The second kappa shape index (κ2) is 6.20. The van der Waals surface area contributed by atoms with Crippen LogP contribution < -0.4 is 10.5 Å². The van der Waals surface area contributed by atoms with E-state index in [1.807, 2.05) is 24.3 Å². The Labute approximate surface area is 116 Å². The molecule has 0 heterocycles. The molecule has 0 saturated heterocycles. The summed E-state index contributed by atoms with van der Waals surface area (Å²) in [5.74, 6) is 0.688. The quantitative estimate of drug-likeness (QED) is 0.904. The fourth-order valence-corrected chi connectivity index (χ4v) is 1.69. The Hall–Kier alpha value is -1.07. The summed E-state index contributed by atoms with van der Waals surface area (Å²) in [7, 11) is 1.72. The van der Waals surface area contributed by atoms with E-state index in [1.54, 1.807) is 25.8 Å². The van der Waals surface area contributed by atoms with E-state index in [0.717, 1.165) is 10.2 Å². The van der Waals surface area contributed by atoms with Crippen LogP contribution >= 0.6 is 15.9 Å². The molecule has 1 rings (SSSR count). The average Bonchev–Trinajstić information content (AvgIpc) is 2.29. The van der Waals surface area contributed by atoms with Crippen molar-refractivity contribution in [3.05, 3.63) is 28.7 Å². The monoisotopic (exact) mass is 314 g/mol. The van der Waals surface area contributed by atoms with E-state index in [4.69, 9.17) is 10.5 Å². The van der Waals surface area contributed by atoms with E-state index in [-0.39, 0.29) is 5.91 Å². The van der Waals surface area contributed by atoms with Crippen molar-refractivity contribution in [1.82, 2.24) is 4.90 Å². The highest BCUT2D eigenvalue weighted by Crippen LogP contribution is 2.16. The van der Waals surface area contributed by atoms with E-state index in [2.05, 4.69) is 15.9 Å². The number of hydrogen-bond donors (Lipinski definition) is 1. The third-order valence-corrected chi connectivity index (χ3v) is 2.94. The summed E-state index contributed by atoms with van der Waals surface area (Å²) < 4.78 is 6.55. The van der Waals surface area contributed by atoms with Crippen LogP contribution in [0.5, 0.6) is 5.75 Å². The van der Waals surface area contributed by atoms with Gasteiger partial charge in [-0.3, -0.25) is 4.79 Å². The van der Waals surface area contributed by atoms with Gasteiger partial charge in [0.25, 0.3) is 0 Å².